The van der Waals surface area contributed by atoms with E-state index in [1.165, 1.54) is 22.2 Å². The molecule has 2 aromatic heterocycles. The minimum absolute atomic E-state index is 0.122. The molecule has 1 aromatic carbocycles. The predicted octanol–water partition coefficient (Wildman–Crippen LogP) is 2.51. The third-order valence-corrected chi connectivity index (χ3v) is 4.44. The molecule has 0 aliphatic heterocycles. The van der Waals surface area contributed by atoms with Crippen LogP contribution in [0.5, 0.6) is 5.75 Å². The van der Waals surface area contributed by atoms with Gasteiger partial charge < -0.3 is 9.84 Å². The van der Waals surface area contributed by atoms with Crippen molar-refractivity contribution in [2.45, 2.75) is 26.5 Å². The van der Waals surface area contributed by atoms with E-state index in [0.29, 0.717) is 11.1 Å². The van der Waals surface area contributed by atoms with Crippen molar-refractivity contribution in [1.82, 2.24) is 9.55 Å². The Morgan fingerprint density at radius 3 is 2.96 bits per heavy atom. The Labute approximate surface area is 137 Å². The fourth-order valence-electron chi connectivity index (χ4n) is 2.39. The lowest BCUT2D eigenvalue weighted by Gasteiger charge is -2.14. The SMILES string of the molecule is Cc1cccc(OCC(O)Cn2cnc3sc(C)cc3c2=O)c1. The lowest BCUT2D eigenvalue weighted by Crippen LogP contribution is -2.30. The van der Waals surface area contributed by atoms with Crippen molar-refractivity contribution in [1.29, 1.82) is 0 Å². The zero-order chi connectivity index (χ0) is 16.4. The number of nitrogens with zero attached hydrogens (tertiary/aromatic N) is 2. The van der Waals surface area contributed by atoms with Crippen LogP contribution in [-0.2, 0) is 6.54 Å². The molecule has 23 heavy (non-hydrogen) atoms. The first-order valence-electron chi connectivity index (χ1n) is 7.36. The summed E-state index contributed by atoms with van der Waals surface area (Å²) >= 11 is 1.49. The van der Waals surface area contributed by atoms with Gasteiger partial charge in [0.05, 0.1) is 18.3 Å². The van der Waals surface area contributed by atoms with E-state index in [-0.39, 0.29) is 18.7 Å². The molecular formula is C17H18N2O3S. The Morgan fingerprint density at radius 1 is 1.35 bits per heavy atom. The third kappa shape index (κ3) is 3.60. The van der Waals surface area contributed by atoms with Crippen LogP contribution in [0.15, 0.2) is 41.5 Å². The Kier molecular flexibility index (Phi) is 4.45. The first-order valence-corrected chi connectivity index (χ1v) is 8.17. The first-order chi connectivity index (χ1) is 11.0. The van der Waals surface area contributed by atoms with Crippen LogP contribution in [0, 0.1) is 13.8 Å². The van der Waals surface area contributed by atoms with Gasteiger partial charge in [-0.3, -0.25) is 9.36 Å². The highest BCUT2D eigenvalue weighted by atomic mass is 32.1. The minimum Gasteiger partial charge on any atom is -0.491 e. The van der Waals surface area contributed by atoms with Gasteiger partial charge in [-0.25, -0.2) is 4.98 Å². The van der Waals surface area contributed by atoms with Crippen molar-refractivity contribution in [3.63, 3.8) is 0 Å². The van der Waals surface area contributed by atoms with Crippen LogP contribution in [0.25, 0.3) is 10.2 Å². The Morgan fingerprint density at radius 2 is 2.17 bits per heavy atom. The second kappa shape index (κ2) is 6.52. The molecule has 3 aromatic rings. The van der Waals surface area contributed by atoms with E-state index < -0.39 is 6.10 Å². The molecule has 5 nitrogen and oxygen atoms in total. The van der Waals surface area contributed by atoms with Gasteiger partial charge in [-0.2, -0.15) is 0 Å². The van der Waals surface area contributed by atoms with Crippen molar-refractivity contribution in [2.24, 2.45) is 0 Å². The number of hydrogen-bond donors (Lipinski definition) is 1. The molecule has 120 valence electrons. The highest BCUT2D eigenvalue weighted by molar-refractivity contribution is 7.18. The maximum absolute atomic E-state index is 12.4. The lowest BCUT2D eigenvalue weighted by atomic mass is 10.2. The summed E-state index contributed by atoms with van der Waals surface area (Å²) in [4.78, 5) is 18.4. The summed E-state index contributed by atoms with van der Waals surface area (Å²) in [5, 5.41) is 10.7. The van der Waals surface area contributed by atoms with E-state index in [0.717, 1.165) is 15.3 Å². The zero-order valence-electron chi connectivity index (χ0n) is 13.0. The number of aryl methyl sites for hydroxylation is 2. The molecular weight excluding hydrogens is 312 g/mol. The monoisotopic (exact) mass is 330 g/mol. The average molecular weight is 330 g/mol. The quantitative estimate of drug-likeness (QED) is 0.781. The van der Waals surface area contributed by atoms with Gasteiger partial charge in [0.15, 0.2) is 0 Å². The van der Waals surface area contributed by atoms with E-state index in [9.17, 15) is 9.90 Å². The summed E-state index contributed by atoms with van der Waals surface area (Å²) in [6.07, 6.45) is 0.698. The molecule has 3 rings (SSSR count). The molecule has 1 unspecified atom stereocenters. The van der Waals surface area contributed by atoms with Crippen molar-refractivity contribution in [3.05, 3.63) is 57.5 Å². The normalized spacial score (nSPS) is 12.5. The van der Waals surface area contributed by atoms with Gasteiger partial charge in [-0.1, -0.05) is 12.1 Å². The topological polar surface area (TPSA) is 64.3 Å². The fraction of sp³-hybridized carbons (Fsp3) is 0.294. The molecule has 0 fully saturated rings. The maximum Gasteiger partial charge on any atom is 0.262 e. The third-order valence-electron chi connectivity index (χ3n) is 3.48. The Hall–Kier alpha value is -2.18. The van der Waals surface area contributed by atoms with E-state index in [1.807, 2.05) is 44.2 Å². The molecule has 0 saturated heterocycles. The highest BCUT2D eigenvalue weighted by Crippen LogP contribution is 2.19. The summed E-state index contributed by atoms with van der Waals surface area (Å²) < 4.78 is 7.00. The second-order valence-corrected chi connectivity index (χ2v) is 6.79. The van der Waals surface area contributed by atoms with Gasteiger partial charge in [0.1, 0.15) is 23.3 Å². The van der Waals surface area contributed by atoms with Crippen LogP contribution in [-0.4, -0.2) is 27.4 Å². The van der Waals surface area contributed by atoms with Gasteiger partial charge in [0.2, 0.25) is 0 Å². The van der Waals surface area contributed by atoms with Crippen molar-refractivity contribution in [2.75, 3.05) is 6.61 Å². The number of ether oxygens (including phenoxy) is 1. The number of hydrogen-bond acceptors (Lipinski definition) is 5. The number of thiophene rings is 1. The van der Waals surface area contributed by atoms with Crippen molar-refractivity contribution >= 4 is 21.6 Å². The van der Waals surface area contributed by atoms with Gasteiger partial charge in [0, 0.05) is 4.88 Å². The summed E-state index contributed by atoms with van der Waals surface area (Å²) in [5.74, 6) is 0.707. The summed E-state index contributed by atoms with van der Waals surface area (Å²) in [5.41, 5.74) is 0.963. The molecule has 0 spiro atoms. The molecule has 6 heteroatoms. The molecule has 0 amide bonds. The second-order valence-electron chi connectivity index (χ2n) is 5.56. The van der Waals surface area contributed by atoms with Crippen LogP contribution in [0.1, 0.15) is 10.4 Å². The molecule has 1 atom stereocenters. The minimum atomic E-state index is -0.785. The number of benzene rings is 1. The van der Waals surface area contributed by atoms with Crippen LogP contribution in [0.3, 0.4) is 0 Å². The maximum atomic E-state index is 12.4. The molecule has 0 saturated carbocycles. The lowest BCUT2D eigenvalue weighted by molar-refractivity contribution is 0.0914. The Balaban J connectivity index is 1.69. The van der Waals surface area contributed by atoms with Crippen molar-refractivity contribution in [3.8, 4) is 5.75 Å². The fourth-order valence-corrected chi connectivity index (χ4v) is 3.23. The van der Waals surface area contributed by atoms with Crippen LogP contribution in [0.2, 0.25) is 0 Å². The highest BCUT2D eigenvalue weighted by Gasteiger charge is 2.11. The molecule has 0 radical (unpaired) electrons. The summed E-state index contributed by atoms with van der Waals surface area (Å²) in [6.45, 7) is 4.20. The standard InChI is InChI=1S/C17H18N2O3S/c1-11-4-3-5-14(6-11)22-9-13(20)8-19-10-18-16-15(17(19)21)7-12(2)23-16/h3-7,10,13,20H,8-9H2,1-2H3. The number of aromatic nitrogens is 2. The number of fused-ring (bicyclic) bond motifs is 1. The largest absolute Gasteiger partial charge is 0.491 e. The van der Waals surface area contributed by atoms with Gasteiger partial charge >= 0.3 is 0 Å². The van der Waals surface area contributed by atoms with E-state index in [1.54, 1.807) is 0 Å². The number of rotatable bonds is 5. The molecule has 0 bridgehead atoms. The summed E-state index contributed by atoms with van der Waals surface area (Å²) in [6, 6.07) is 9.46. The summed E-state index contributed by atoms with van der Waals surface area (Å²) in [7, 11) is 0. The van der Waals surface area contributed by atoms with Crippen molar-refractivity contribution < 1.29 is 9.84 Å². The zero-order valence-corrected chi connectivity index (χ0v) is 13.8. The number of aliphatic hydroxyl groups is 1. The van der Waals surface area contributed by atoms with Gasteiger partial charge in [-0.05, 0) is 37.6 Å². The van der Waals surface area contributed by atoms with Crippen LogP contribution in [0.4, 0.5) is 0 Å². The van der Waals surface area contributed by atoms with Crippen LogP contribution < -0.4 is 10.3 Å². The first kappa shape index (κ1) is 15.7. The van der Waals surface area contributed by atoms with E-state index in [2.05, 4.69) is 4.98 Å². The molecule has 1 N–H and O–H groups in total. The molecule has 2 heterocycles. The molecule has 0 aliphatic rings. The number of aliphatic hydroxyl groups excluding tert-OH is 1. The smallest absolute Gasteiger partial charge is 0.262 e. The predicted molar refractivity (Wildman–Crippen MR) is 91.3 cm³/mol. The van der Waals surface area contributed by atoms with Gasteiger partial charge in [-0.15, -0.1) is 11.3 Å². The van der Waals surface area contributed by atoms with E-state index >= 15 is 0 Å². The average Bonchev–Trinajstić information content (AvgIpc) is 2.90. The van der Waals surface area contributed by atoms with Crippen LogP contribution >= 0.6 is 11.3 Å². The van der Waals surface area contributed by atoms with Gasteiger partial charge in [0.25, 0.3) is 5.56 Å². The molecule has 0 aliphatic carbocycles. The van der Waals surface area contributed by atoms with E-state index in [4.69, 9.17) is 4.74 Å². The Bertz CT molecular complexity index is 885.